The van der Waals surface area contributed by atoms with Crippen molar-refractivity contribution in [1.29, 1.82) is 0 Å². The zero-order valence-electron chi connectivity index (χ0n) is 9.39. The topological polar surface area (TPSA) is 66.0 Å². The van der Waals surface area contributed by atoms with E-state index in [2.05, 4.69) is 4.98 Å². The number of nitrogens with zero attached hydrogens (tertiary/aromatic N) is 1. The molecule has 0 fully saturated rings. The molecule has 1 aromatic heterocycles. The Morgan fingerprint density at radius 2 is 1.95 bits per heavy atom. The molecule has 1 aromatic rings. The van der Waals surface area contributed by atoms with E-state index in [-0.39, 0.29) is 24.2 Å². The van der Waals surface area contributed by atoms with Gasteiger partial charge in [-0.3, -0.25) is 4.79 Å². The van der Waals surface area contributed by atoms with E-state index in [1.165, 1.54) is 0 Å². The van der Waals surface area contributed by atoms with Crippen LogP contribution in [0.1, 0.15) is 36.0 Å². The highest BCUT2D eigenvalue weighted by Crippen LogP contribution is 2.44. The Kier molecular flexibility index (Phi) is 3.02. The third-order valence-corrected chi connectivity index (χ3v) is 3.01. The molecule has 1 atom stereocenters. The lowest BCUT2D eigenvalue weighted by atomic mass is 9.90. The summed E-state index contributed by atoms with van der Waals surface area (Å²) in [4.78, 5) is 16.0. The van der Waals surface area contributed by atoms with Crippen molar-refractivity contribution in [3.05, 3.63) is 17.2 Å². The highest BCUT2D eigenvalue weighted by Gasteiger charge is 2.61. The number of hydrogen-bond donors (Lipinski definition) is 2. The number of carboxylic acid groups (broad SMARTS) is 1. The molecule has 1 aliphatic carbocycles. The molecule has 0 aliphatic heterocycles. The first-order chi connectivity index (χ1) is 8.64. The second-order valence-corrected chi connectivity index (χ2v) is 4.30. The number of H-pyrrole nitrogens is 1. The Labute approximate surface area is 103 Å². The van der Waals surface area contributed by atoms with Crippen LogP contribution in [-0.4, -0.2) is 27.2 Å². The number of aliphatic carboxylic acids is 1. The molecule has 4 nitrogen and oxygen atoms in total. The molecule has 1 aliphatic rings. The van der Waals surface area contributed by atoms with E-state index in [1.807, 2.05) is 4.98 Å². The predicted octanol–water partition coefficient (Wildman–Crippen LogP) is 2.57. The quantitative estimate of drug-likeness (QED) is 0.820. The summed E-state index contributed by atoms with van der Waals surface area (Å²) in [7, 11) is 0. The molecule has 0 amide bonds. The molecule has 0 bridgehead atoms. The maximum absolute atomic E-state index is 13.1. The first-order valence-electron chi connectivity index (χ1n) is 5.41. The van der Waals surface area contributed by atoms with E-state index >= 15 is 0 Å². The van der Waals surface area contributed by atoms with Crippen LogP contribution in [0.5, 0.6) is 0 Å². The molecule has 0 radical (unpaired) electrons. The fourth-order valence-electron chi connectivity index (χ4n) is 2.04. The Bertz CT molecular complexity index is 509. The number of aryl methyl sites for hydroxylation is 1. The first-order valence-corrected chi connectivity index (χ1v) is 5.41. The molecule has 0 aromatic carbocycles. The Morgan fingerprint density at radius 1 is 1.32 bits per heavy atom. The van der Waals surface area contributed by atoms with Gasteiger partial charge in [0.05, 0.1) is 5.69 Å². The Morgan fingerprint density at radius 3 is 2.47 bits per heavy atom. The fourth-order valence-corrected chi connectivity index (χ4v) is 2.04. The van der Waals surface area contributed by atoms with Crippen LogP contribution in [0.4, 0.5) is 22.0 Å². The number of halogens is 5. The standard InChI is InChI=1S/C10H9F5N2O2/c11-9(12,10(13,14)15)8-16-5-3-1-2-4(7(18)19)6(5)17-8/h4H,1-3H2,(H,16,17)(H,18,19). The SMILES string of the molecule is O=C(O)C1CCCc2[nH]c(C(F)(F)C(F)(F)F)nc21. The van der Waals surface area contributed by atoms with Crippen molar-refractivity contribution in [3.8, 4) is 0 Å². The van der Waals surface area contributed by atoms with Gasteiger partial charge in [0, 0.05) is 5.69 Å². The van der Waals surface area contributed by atoms with Gasteiger partial charge in [-0.1, -0.05) is 0 Å². The van der Waals surface area contributed by atoms with Crippen LogP contribution in [0.3, 0.4) is 0 Å². The van der Waals surface area contributed by atoms with E-state index in [0.717, 1.165) is 0 Å². The molecule has 0 saturated heterocycles. The minimum absolute atomic E-state index is 0.0394. The van der Waals surface area contributed by atoms with Gasteiger partial charge in [-0.25, -0.2) is 4.98 Å². The summed E-state index contributed by atoms with van der Waals surface area (Å²) in [5.41, 5.74) is -0.185. The summed E-state index contributed by atoms with van der Waals surface area (Å²) >= 11 is 0. The number of fused-ring (bicyclic) bond motifs is 1. The van der Waals surface area contributed by atoms with E-state index in [0.29, 0.717) is 6.42 Å². The molecular formula is C10H9F5N2O2. The molecule has 0 saturated carbocycles. The number of alkyl halides is 5. The molecule has 19 heavy (non-hydrogen) atoms. The molecule has 2 rings (SSSR count). The zero-order valence-corrected chi connectivity index (χ0v) is 9.39. The molecule has 0 spiro atoms. The highest BCUT2D eigenvalue weighted by atomic mass is 19.4. The molecule has 9 heteroatoms. The summed E-state index contributed by atoms with van der Waals surface area (Å²) in [6.45, 7) is 0. The summed E-state index contributed by atoms with van der Waals surface area (Å²) in [5.74, 6) is -9.09. The molecule has 1 unspecified atom stereocenters. The smallest absolute Gasteiger partial charge is 0.461 e. The summed E-state index contributed by atoms with van der Waals surface area (Å²) in [6, 6.07) is 0. The van der Waals surface area contributed by atoms with Gasteiger partial charge in [-0.05, 0) is 19.3 Å². The number of nitrogens with one attached hydrogen (secondary N) is 1. The van der Waals surface area contributed by atoms with Crippen molar-refractivity contribution in [2.24, 2.45) is 0 Å². The minimum atomic E-state index is -5.77. The summed E-state index contributed by atoms with van der Waals surface area (Å²) in [5, 5.41) is 8.89. The van der Waals surface area contributed by atoms with Crippen LogP contribution in [0.2, 0.25) is 0 Å². The van der Waals surface area contributed by atoms with Crippen LogP contribution < -0.4 is 0 Å². The van der Waals surface area contributed by atoms with Crippen LogP contribution in [0, 0.1) is 0 Å². The monoisotopic (exact) mass is 284 g/mol. The normalized spacial score (nSPS) is 20.2. The van der Waals surface area contributed by atoms with Gasteiger partial charge in [-0.2, -0.15) is 22.0 Å². The number of carbonyl (C=O) groups is 1. The average molecular weight is 284 g/mol. The fraction of sp³-hybridized carbons (Fsp3) is 0.600. The Hall–Kier alpha value is -1.67. The second kappa shape index (κ2) is 4.17. The van der Waals surface area contributed by atoms with Crippen LogP contribution in [0.15, 0.2) is 0 Å². The number of aromatic nitrogens is 2. The number of aromatic amines is 1. The lowest BCUT2D eigenvalue weighted by molar-refractivity contribution is -0.292. The van der Waals surface area contributed by atoms with Gasteiger partial charge in [-0.15, -0.1) is 0 Å². The van der Waals surface area contributed by atoms with E-state index in [1.54, 1.807) is 0 Å². The highest BCUT2D eigenvalue weighted by molar-refractivity contribution is 5.76. The van der Waals surface area contributed by atoms with E-state index in [9.17, 15) is 26.7 Å². The Balaban J connectivity index is 2.45. The lowest BCUT2D eigenvalue weighted by Crippen LogP contribution is -2.34. The van der Waals surface area contributed by atoms with Crippen molar-refractivity contribution in [2.45, 2.75) is 37.3 Å². The molecular weight excluding hydrogens is 275 g/mol. The van der Waals surface area contributed by atoms with E-state index in [4.69, 9.17) is 5.11 Å². The second-order valence-electron chi connectivity index (χ2n) is 4.30. The van der Waals surface area contributed by atoms with Gasteiger partial charge in [0.25, 0.3) is 0 Å². The van der Waals surface area contributed by atoms with Crippen molar-refractivity contribution in [3.63, 3.8) is 0 Å². The van der Waals surface area contributed by atoms with E-state index < -0.39 is 29.8 Å². The number of imidazole rings is 1. The first kappa shape index (κ1) is 13.8. The van der Waals surface area contributed by atoms with Crippen molar-refractivity contribution in [1.82, 2.24) is 9.97 Å². The van der Waals surface area contributed by atoms with Gasteiger partial charge in [0.1, 0.15) is 5.92 Å². The maximum atomic E-state index is 13.1. The van der Waals surface area contributed by atoms with Crippen LogP contribution >= 0.6 is 0 Å². The van der Waals surface area contributed by atoms with Crippen LogP contribution in [0.25, 0.3) is 0 Å². The number of rotatable bonds is 2. The number of hydrogen-bond acceptors (Lipinski definition) is 2. The van der Waals surface area contributed by atoms with Crippen molar-refractivity contribution < 1.29 is 31.9 Å². The van der Waals surface area contributed by atoms with Gasteiger partial charge in [0.15, 0.2) is 5.82 Å². The summed E-state index contributed by atoms with van der Waals surface area (Å²) < 4.78 is 62.9. The number of carboxylic acids is 1. The van der Waals surface area contributed by atoms with Crippen molar-refractivity contribution in [2.75, 3.05) is 0 Å². The average Bonchev–Trinajstić information content (AvgIpc) is 2.70. The third-order valence-electron chi connectivity index (χ3n) is 3.01. The van der Waals surface area contributed by atoms with Gasteiger partial charge >= 0.3 is 18.1 Å². The maximum Gasteiger partial charge on any atom is 0.461 e. The third kappa shape index (κ3) is 2.17. The van der Waals surface area contributed by atoms with Gasteiger partial charge < -0.3 is 10.1 Å². The summed E-state index contributed by atoms with van der Waals surface area (Å²) in [6.07, 6.45) is -5.00. The van der Waals surface area contributed by atoms with Gasteiger partial charge in [0.2, 0.25) is 0 Å². The molecule has 2 N–H and O–H groups in total. The van der Waals surface area contributed by atoms with Crippen molar-refractivity contribution >= 4 is 5.97 Å². The zero-order chi connectivity index (χ0) is 14.4. The lowest BCUT2D eigenvalue weighted by Gasteiger charge is -2.16. The van der Waals surface area contributed by atoms with Crippen LogP contribution in [-0.2, 0) is 17.1 Å². The molecule has 106 valence electrons. The minimum Gasteiger partial charge on any atom is -0.481 e. The predicted molar refractivity (Wildman–Crippen MR) is 51.9 cm³/mol. The largest absolute Gasteiger partial charge is 0.481 e. The molecule has 1 heterocycles.